The number of carbonyl (C=O) groups excluding carboxylic acids is 3. The number of hydrogen-bond acceptors (Lipinski definition) is 5. The Morgan fingerprint density at radius 2 is 1.64 bits per heavy atom. The quantitative estimate of drug-likeness (QED) is 0.222. The van der Waals surface area contributed by atoms with E-state index in [0.29, 0.717) is 22.7 Å². The van der Waals surface area contributed by atoms with Gasteiger partial charge < -0.3 is 10.1 Å². The average molecular weight is 503 g/mol. The molecule has 184 valence electrons. The number of unbranched alkanes of at least 4 members (excludes halogenated alkanes) is 1. The zero-order chi connectivity index (χ0) is 25.8. The molecule has 0 fully saturated rings. The number of nitrogens with one attached hydrogen (secondary N) is 1. The highest BCUT2D eigenvalue weighted by Crippen LogP contribution is 2.30. The van der Waals surface area contributed by atoms with Crippen LogP contribution in [0.3, 0.4) is 0 Å². The first-order valence-corrected chi connectivity index (χ1v) is 12.2. The number of aryl methyl sites for hydroxylation is 3. The van der Waals surface area contributed by atoms with Gasteiger partial charge in [-0.15, -0.1) is 0 Å². The van der Waals surface area contributed by atoms with Crippen LogP contribution in [0.2, 0.25) is 0 Å². The normalized spacial score (nSPS) is 13.4. The van der Waals surface area contributed by atoms with Crippen molar-refractivity contribution in [2.24, 2.45) is 0 Å². The molecule has 0 unspecified atom stereocenters. The molecule has 0 aromatic heterocycles. The van der Waals surface area contributed by atoms with Gasteiger partial charge in [0, 0.05) is 5.69 Å². The lowest BCUT2D eigenvalue weighted by Gasteiger charge is -2.15. The molecule has 0 saturated heterocycles. The highest BCUT2D eigenvalue weighted by Gasteiger charge is 2.38. The Bertz CT molecular complexity index is 1340. The Morgan fingerprint density at radius 3 is 2.28 bits per heavy atom. The van der Waals surface area contributed by atoms with Crippen LogP contribution < -0.4 is 15.0 Å². The smallest absolute Gasteiger partial charge is 0.343 e. The lowest BCUT2D eigenvalue weighted by molar-refractivity contribution is -0.120. The van der Waals surface area contributed by atoms with Crippen LogP contribution in [0, 0.1) is 13.8 Å². The molecular weight excluding hydrogens is 476 g/mol. The summed E-state index contributed by atoms with van der Waals surface area (Å²) in [5.41, 5.74) is 4.40. The number of hydrogen-bond donors (Lipinski definition) is 1. The number of carbonyl (C=O) groups is 3. The molecule has 1 aliphatic heterocycles. The third-order valence-electron chi connectivity index (χ3n) is 5.96. The van der Waals surface area contributed by atoms with Crippen molar-refractivity contribution in [1.29, 1.82) is 0 Å². The van der Waals surface area contributed by atoms with E-state index in [4.69, 9.17) is 16.3 Å². The van der Waals surface area contributed by atoms with Crippen LogP contribution in [0.1, 0.15) is 46.8 Å². The van der Waals surface area contributed by atoms with Gasteiger partial charge in [-0.1, -0.05) is 54.8 Å². The monoisotopic (exact) mass is 502 g/mol. The van der Waals surface area contributed by atoms with Gasteiger partial charge in [0.15, 0.2) is 0 Å². The second kappa shape index (κ2) is 10.8. The van der Waals surface area contributed by atoms with E-state index in [-0.39, 0.29) is 10.7 Å². The summed E-state index contributed by atoms with van der Waals surface area (Å²) in [6.45, 7) is 5.98. The van der Waals surface area contributed by atoms with Gasteiger partial charge >= 0.3 is 5.97 Å². The van der Waals surface area contributed by atoms with Crippen molar-refractivity contribution in [2.45, 2.75) is 40.0 Å². The zero-order valence-corrected chi connectivity index (χ0v) is 21.2. The van der Waals surface area contributed by atoms with Crippen molar-refractivity contribution in [3.05, 3.63) is 99.7 Å². The Labute approximate surface area is 215 Å². The molecular formula is C29H27ClN2O4. The molecule has 4 rings (SSSR count). The highest BCUT2D eigenvalue weighted by atomic mass is 35.5. The average Bonchev–Trinajstić information content (AvgIpc) is 3.08. The summed E-state index contributed by atoms with van der Waals surface area (Å²) in [5, 5.41) is 2.74. The van der Waals surface area contributed by atoms with E-state index in [1.165, 1.54) is 0 Å². The molecule has 2 amide bonds. The molecule has 0 spiro atoms. The molecule has 6 nitrogen and oxygen atoms in total. The van der Waals surface area contributed by atoms with Gasteiger partial charge in [-0.3, -0.25) is 9.59 Å². The molecule has 7 heteroatoms. The minimum absolute atomic E-state index is 0.0117. The maximum absolute atomic E-state index is 13.0. The fourth-order valence-corrected chi connectivity index (χ4v) is 4.16. The van der Waals surface area contributed by atoms with E-state index >= 15 is 0 Å². The van der Waals surface area contributed by atoms with Gasteiger partial charge in [0.05, 0.1) is 11.3 Å². The number of esters is 1. The lowest BCUT2D eigenvalue weighted by Crippen LogP contribution is -2.32. The maximum Gasteiger partial charge on any atom is 0.343 e. The highest BCUT2D eigenvalue weighted by molar-refractivity contribution is 6.53. The second-order valence-electron chi connectivity index (χ2n) is 8.77. The number of ether oxygens (including phenoxy) is 1. The summed E-state index contributed by atoms with van der Waals surface area (Å²) in [5.74, 6) is -1.12. The maximum atomic E-state index is 13.0. The zero-order valence-electron chi connectivity index (χ0n) is 20.4. The lowest BCUT2D eigenvalue weighted by atomic mass is 10.1. The molecule has 1 heterocycles. The third kappa shape index (κ3) is 5.34. The molecule has 3 aromatic carbocycles. The van der Waals surface area contributed by atoms with Gasteiger partial charge in [-0.05, 0) is 80.3 Å². The minimum Gasteiger partial charge on any atom is -0.423 e. The molecule has 36 heavy (non-hydrogen) atoms. The van der Waals surface area contributed by atoms with Crippen LogP contribution in [0.4, 0.5) is 11.4 Å². The third-order valence-corrected chi connectivity index (χ3v) is 6.31. The number of benzene rings is 3. The van der Waals surface area contributed by atoms with Crippen molar-refractivity contribution in [2.75, 3.05) is 10.2 Å². The van der Waals surface area contributed by atoms with E-state index in [1.54, 1.807) is 42.5 Å². The van der Waals surface area contributed by atoms with Crippen LogP contribution in [-0.4, -0.2) is 17.8 Å². The van der Waals surface area contributed by atoms with Gasteiger partial charge in [0.1, 0.15) is 16.5 Å². The molecule has 1 aliphatic rings. The SMILES string of the molecule is CCCCc1ccc(N2C(=O)C(Cl)=C(Nc3ccc(C(=O)Oc4ccc(C)cc4C)cc3)C2=O)cc1. The summed E-state index contributed by atoms with van der Waals surface area (Å²) < 4.78 is 5.51. The van der Waals surface area contributed by atoms with Crippen molar-refractivity contribution < 1.29 is 19.1 Å². The first-order valence-electron chi connectivity index (χ1n) is 11.8. The van der Waals surface area contributed by atoms with E-state index < -0.39 is 17.8 Å². The predicted octanol–water partition coefficient (Wildman–Crippen LogP) is 6.30. The fraction of sp³-hybridized carbons (Fsp3) is 0.207. The molecule has 0 bridgehead atoms. The summed E-state index contributed by atoms with van der Waals surface area (Å²) in [6.07, 6.45) is 3.11. The van der Waals surface area contributed by atoms with Crippen molar-refractivity contribution >= 4 is 40.8 Å². The summed E-state index contributed by atoms with van der Waals surface area (Å²) in [6, 6.07) is 19.3. The predicted molar refractivity (Wildman–Crippen MR) is 141 cm³/mol. The Morgan fingerprint density at radius 1 is 0.944 bits per heavy atom. The first kappa shape index (κ1) is 25.2. The number of anilines is 2. The van der Waals surface area contributed by atoms with Crippen LogP contribution in [0.25, 0.3) is 0 Å². The minimum atomic E-state index is -0.584. The van der Waals surface area contributed by atoms with Crippen LogP contribution in [0.5, 0.6) is 5.75 Å². The standard InChI is InChI=1S/C29H27ClN2O4/c1-4-5-6-20-8-14-23(15-9-20)32-27(33)25(30)26(28(32)34)31-22-12-10-21(11-13-22)29(35)36-24-16-7-18(2)17-19(24)3/h7-17,31H,4-6H2,1-3H3. The molecule has 1 N–H and O–H groups in total. The van der Waals surface area contributed by atoms with Gasteiger partial charge in [-0.2, -0.15) is 0 Å². The Balaban J connectivity index is 1.44. The molecule has 0 atom stereocenters. The molecule has 3 aromatic rings. The summed E-state index contributed by atoms with van der Waals surface area (Å²) in [4.78, 5) is 39.4. The largest absolute Gasteiger partial charge is 0.423 e. The number of halogens is 1. The number of imide groups is 1. The van der Waals surface area contributed by atoms with Gasteiger partial charge in [0.25, 0.3) is 11.8 Å². The van der Waals surface area contributed by atoms with E-state index in [0.717, 1.165) is 40.9 Å². The Kier molecular flexibility index (Phi) is 7.55. The second-order valence-corrected chi connectivity index (χ2v) is 9.14. The van der Waals surface area contributed by atoms with E-state index in [2.05, 4.69) is 12.2 Å². The fourth-order valence-electron chi connectivity index (χ4n) is 3.95. The van der Waals surface area contributed by atoms with E-state index in [1.807, 2.05) is 38.1 Å². The van der Waals surface area contributed by atoms with Crippen LogP contribution >= 0.6 is 11.6 Å². The summed E-state index contributed by atoms with van der Waals surface area (Å²) >= 11 is 6.25. The number of amides is 2. The number of rotatable bonds is 8. The van der Waals surface area contributed by atoms with Crippen molar-refractivity contribution in [3.63, 3.8) is 0 Å². The van der Waals surface area contributed by atoms with Crippen molar-refractivity contribution in [1.82, 2.24) is 0 Å². The van der Waals surface area contributed by atoms with Crippen LogP contribution in [0.15, 0.2) is 77.5 Å². The molecule has 0 saturated carbocycles. The van der Waals surface area contributed by atoms with Crippen LogP contribution in [-0.2, 0) is 16.0 Å². The summed E-state index contributed by atoms with van der Waals surface area (Å²) in [7, 11) is 0. The van der Waals surface area contributed by atoms with E-state index in [9.17, 15) is 14.4 Å². The van der Waals surface area contributed by atoms with Crippen molar-refractivity contribution in [3.8, 4) is 5.75 Å². The first-order chi connectivity index (χ1) is 17.3. The van der Waals surface area contributed by atoms with Gasteiger partial charge in [-0.25, -0.2) is 9.69 Å². The Hall–Kier alpha value is -3.90. The van der Waals surface area contributed by atoms with Gasteiger partial charge in [0.2, 0.25) is 0 Å². The topological polar surface area (TPSA) is 75.7 Å². The number of nitrogens with zero attached hydrogens (tertiary/aromatic N) is 1. The molecule has 0 aliphatic carbocycles. The molecule has 0 radical (unpaired) electrons.